The topological polar surface area (TPSA) is 91.7 Å². The van der Waals surface area contributed by atoms with Crippen LogP contribution in [0.5, 0.6) is 11.5 Å². The highest BCUT2D eigenvalue weighted by Gasteiger charge is 2.32. The van der Waals surface area contributed by atoms with E-state index in [-0.39, 0.29) is 23.8 Å². The molecule has 0 spiro atoms. The van der Waals surface area contributed by atoms with Gasteiger partial charge in [-0.05, 0) is 71.6 Å². The van der Waals surface area contributed by atoms with Crippen LogP contribution in [0.15, 0.2) is 54.6 Å². The second-order valence-corrected chi connectivity index (χ2v) is 8.39. The van der Waals surface area contributed by atoms with Crippen LogP contribution in [-0.2, 0) is 16.2 Å². The van der Waals surface area contributed by atoms with Gasteiger partial charge in [0.15, 0.2) is 16.6 Å². The molecule has 2 aromatic rings. The number of nitriles is 1. The number of benzene rings is 2. The van der Waals surface area contributed by atoms with Crippen LogP contribution in [0.25, 0.3) is 6.08 Å². The van der Waals surface area contributed by atoms with E-state index in [1.165, 1.54) is 17.1 Å². The lowest BCUT2D eigenvalue weighted by Gasteiger charge is -2.27. The van der Waals surface area contributed by atoms with Crippen molar-refractivity contribution in [2.45, 2.75) is 13.5 Å². The number of nitrogens with one attached hydrogen (secondary N) is 1. The summed E-state index contributed by atoms with van der Waals surface area (Å²) in [5.74, 6) is -0.0779. The minimum Gasteiger partial charge on any atom is -0.490 e. The molecular formula is C24H20IN3O4S. The molecule has 168 valence electrons. The predicted octanol–water partition coefficient (Wildman–Crippen LogP) is 3.95. The number of carbonyl (C=O) groups is 2. The van der Waals surface area contributed by atoms with Crippen molar-refractivity contribution in [3.8, 4) is 17.6 Å². The van der Waals surface area contributed by atoms with Gasteiger partial charge in [0.2, 0.25) is 0 Å². The predicted molar refractivity (Wildman–Crippen MR) is 136 cm³/mol. The van der Waals surface area contributed by atoms with Crippen LogP contribution in [0.2, 0.25) is 0 Å². The molecule has 1 fully saturated rings. The summed E-state index contributed by atoms with van der Waals surface area (Å²) in [6.07, 6.45) is 3.03. The minimum absolute atomic E-state index is 0.0414. The Bertz CT molecular complexity index is 1200. The number of nitrogens with zero attached hydrogens (tertiary/aromatic N) is 2. The van der Waals surface area contributed by atoms with Crippen LogP contribution in [-0.4, -0.2) is 35.0 Å². The summed E-state index contributed by atoms with van der Waals surface area (Å²) >= 11 is 7.19. The van der Waals surface area contributed by atoms with Gasteiger partial charge in [-0.25, -0.2) is 0 Å². The summed E-state index contributed by atoms with van der Waals surface area (Å²) in [7, 11) is 0. The molecule has 2 aromatic carbocycles. The summed E-state index contributed by atoms with van der Waals surface area (Å²) in [6, 6.07) is 12.8. The van der Waals surface area contributed by atoms with E-state index in [9.17, 15) is 14.9 Å². The third-order valence-corrected chi connectivity index (χ3v) is 5.77. The number of hydrogen-bond acceptors (Lipinski definition) is 6. The molecule has 1 aliphatic heterocycles. The first kappa shape index (κ1) is 24.4. The molecule has 0 aliphatic carbocycles. The van der Waals surface area contributed by atoms with Crippen molar-refractivity contribution in [3.05, 3.63) is 74.9 Å². The Kier molecular flexibility index (Phi) is 8.19. The highest BCUT2D eigenvalue weighted by atomic mass is 127. The molecule has 2 amide bonds. The summed E-state index contributed by atoms with van der Waals surface area (Å²) in [5.41, 5.74) is 1.85. The van der Waals surface area contributed by atoms with Gasteiger partial charge in [-0.3, -0.25) is 19.8 Å². The Balaban J connectivity index is 1.94. The van der Waals surface area contributed by atoms with Crippen molar-refractivity contribution >= 4 is 57.8 Å². The largest absolute Gasteiger partial charge is 0.490 e. The Morgan fingerprint density at radius 3 is 2.73 bits per heavy atom. The number of amides is 2. The normalized spacial score (nSPS) is 14.6. The molecule has 1 aliphatic rings. The first-order valence-electron chi connectivity index (χ1n) is 9.96. The molecular weight excluding hydrogens is 553 g/mol. The summed E-state index contributed by atoms with van der Waals surface area (Å²) in [6.45, 7) is 6.24. The molecule has 33 heavy (non-hydrogen) atoms. The van der Waals surface area contributed by atoms with Crippen LogP contribution >= 0.6 is 34.8 Å². The zero-order chi connectivity index (χ0) is 24.0. The van der Waals surface area contributed by atoms with Crippen molar-refractivity contribution in [1.82, 2.24) is 10.2 Å². The Labute approximate surface area is 210 Å². The van der Waals surface area contributed by atoms with Crippen molar-refractivity contribution < 1.29 is 19.1 Å². The zero-order valence-electron chi connectivity index (χ0n) is 17.8. The quantitative estimate of drug-likeness (QED) is 0.169. The molecule has 0 atom stereocenters. The molecule has 1 N–H and O–H groups in total. The highest BCUT2D eigenvalue weighted by Crippen LogP contribution is 2.36. The molecule has 0 bridgehead atoms. The third kappa shape index (κ3) is 5.58. The maximum absolute atomic E-state index is 12.8. The number of hydrogen-bond donors (Lipinski definition) is 1. The minimum atomic E-state index is -0.563. The number of halogens is 1. The maximum atomic E-state index is 12.8. The molecule has 0 saturated carbocycles. The van der Waals surface area contributed by atoms with Gasteiger partial charge in [0.25, 0.3) is 11.8 Å². The number of rotatable bonds is 8. The SMILES string of the molecule is C=CCN1C(=O)/C(=C/c2cc(I)c(OCc3ccccc3C#N)c(OCC)c2)C(=O)NC1=S. The number of carbonyl (C=O) groups excluding carboxylic acids is 2. The van der Waals surface area contributed by atoms with Crippen LogP contribution in [0, 0.1) is 14.9 Å². The highest BCUT2D eigenvalue weighted by molar-refractivity contribution is 14.1. The zero-order valence-corrected chi connectivity index (χ0v) is 20.7. The Morgan fingerprint density at radius 2 is 2.03 bits per heavy atom. The Hall–Kier alpha value is -3.23. The van der Waals surface area contributed by atoms with E-state index in [1.807, 2.05) is 19.1 Å². The first-order chi connectivity index (χ1) is 15.9. The van der Waals surface area contributed by atoms with Crippen molar-refractivity contribution in [1.29, 1.82) is 5.26 Å². The summed E-state index contributed by atoms with van der Waals surface area (Å²) < 4.78 is 12.5. The van der Waals surface area contributed by atoms with Gasteiger partial charge in [0.05, 0.1) is 21.8 Å². The first-order valence-corrected chi connectivity index (χ1v) is 11.4. The fraction of sp³-hybridized carbons (Fsp3) is 0.167. The number of thiocarbonyl (C=S) groups is 1. The van der Waals surface area contributed by atoms with Crippen molar-refractivity contribution in [2.75, 3.05) is 13.2 Å². The molecule has 1 saturated heterocycles. The van der Waals surface area contributed by atoms with E-state index >= 15 is 0 Å². The van der Waals surface area contributed by atoms with E-state index in [0.717, 1.165) is 9.13 Å². The van der Waals surface area contributed by atoms with E-state index in [4.69, 9.17) is 21.7 Å². The van der Waals surface area contributed by atoms with Gasteiger partial charge in [-0.15, -0.1) is 6.58 Å². The van der Waals surface area contributed by atoms with Gasteiger partial charge in [-0.1, -0.05) is 24.3 Å². The van der Waals surface area contributed by atoms with Crippen LogP contribution in [0.4, 0.5) is 0 Å². The van der Waals surface area contributed by atoms with Crippen LogP contribution in [0.1, 0.15) is 23.6 Å². The molecule has 0 unspecified atom stereocenters. The van der Waals surface area contributed by atoms with Gasteiger partial charge in [-0.2, -0.15) is 5.26 Å². The lowest BCUT2D eigenvalue weighted by Crippen LogP contribution is -2.53. The van der Waals surface area contributed by atoms with Crippen LogP contribution in [0.3, 0.4) is 0 Å². The van der Waals surface area contributed by atoms with Crippen molar-refractivity contribution in [3.63, 3.8) is 0 Å². The standard InChI is InChI=1S/C24H20IN3O4S/c1-3-9-28-23(30)18(22(29)27-24(28)33)10-15-11-19(25)21(20(12-15)31-4-2)32-14-17-8-6-5-7-16(17)13-26/h3,5-8,10-12H,1,4,9,14H2,2H3,(H,27,29,33)/b18-10+. The van der Waals surface area contributed by atoms with E-state index in [0.29, 0.717) is 29.2 Å². The monoisotopic (exact) mass is 573 g/mol. The summed E-state index contributed by atoms with van der Waals surface area (Å²) in [5, 5.41) is 11.9. The van der Waals surface area contributed by atoms with Crippen molar-refractivity contribution in [2.24, 2.45) is 0 Å². The fourth-order valence-corrected chi connectivity index (χ4v) is 4.17. The lowest BCUT2D eigenvalue weighted by atomic mass is 10.1. The summed E-state index contributed by atoms with van der Waals surface area (Å²) in [4.78, 5) is 26.5. The molecule has 0 radical (unpaired) electrons. The lowest BCUT2D eigenvalue weighted by molar-refractivity contribution is -0.128. The third-order valence-electron chi connectivity index (χ3n) is 4.65. The molecule has 3 rings (SSSR count). The average Bonchev–Trinajstić information content (AvgIpc) is 2.79. The molecule has 7 nitrogen and oxygen atoms in total. The second-order valence-electron chi connectivity index (χ2n) is 6.84. The van der Waals surface area contributed by atoms with E-state index in [2.05, 4.69) is 40.6 Å². The van der Waals surface area contributed by atoms with Gasteiger partial charge in [0.1, 0.15) is 12.2 Å². The molecule has 9 heteroatoms. The smallest absolute Gasteiger partial charge is 0.265 e. The van der Waals surface area contributed by atoms with E-state index in [1.54, 1.807) is 24.3 Å². The van der Waals surface area contributed by atoms with Gasteiger partial charge >= 0.3 is 0 Å². The fourth-order valence-electron chi connectivity index (χ4n) is 3.13. The van der Waals surface area contributed by atoms with E-state index < -0.39 is 11.8 Å². The van der Waals surface area contributed by atoms with Gasteiger partial charge < -0.3 is 9.47 Å². The Morgan fingerprint density at radius 1 is 1.27 bits per heavy atom. The number of ether oxygens (including phenoxy) is 2. The van der Waals surface area contributed by atoms with Crippen LogP contribution < -0.4 is 14.8 Å². The average molecular weight is 573 g/mol. The molecule has 0 aromatic heterocycles. The second kappa shape index (κ2) is 11.1. The van der Waals surface area contributed by atoms with Gasteiger partial charge in [0, 0.05) is 12.1 Å². The maximum Gasteiger partial charge on any atom is 0.265 e. The molecule has 1 heterocycles.